The molecule has 2 rings (SSSR count). The quantitative estimate of drug-likeness (QED) is 0.885. The highest BCUT2D eigenvalue weighted by Crippen LogP contribution is 2.21. The molecule has 0 spiro atoms. The van der Waals surface area contributed by atoms with Crippen molar-refractivity contribution in [1.29, 1.82) is 0 Å². The third kappa shape index (κ3) is 3.45. The van der Waals surface area contributed by atoms with Gasteiger partial charge in [0.1, 0.15) is 17.5 Å². The predicted molar refractivity (Wildman–Crippen MR) is 84.3 cm³/mol. The van der Waals surface area contributed by atoms with E-state index in [2.05, 4.69) is 39.5 Å². The van der Waals surface area contributed by atoms with Crippen LogP contribution < -0.4 is 11.1 Å². The molecule has 0 saturated heterocycles. The van der Waals surface area contributed by atoms with E-state index in [-0.39, 0.29) is 5.92 Å². The number of nitrogens with one attached hydrogen (secondary N) is 1. The highest BCUT2D eigenvalue weighted by atomic mass is 32.1. The number of nitrogen functional groups attached to an aromatic ring is 1. The molecular formula is C14H21N5S. The van der Waals surface area contributed by atoms with E-state index in [4.69, 9.17) is 5.73 Å². The average Bonchev–Trinajstić information content (AvgIpc) is 2.80. The second-order valence-electron chi connectivity index (χ2n) is 5.15. The molecule has 0 saturated carbocycles. The third-order valence-corrected chi connectivity index (χ3v) is 4.04. The Morgan fingerprint density at radius 2 is 2.00 bits per heavy atom. The number of nitrogens with zero attached hydrogens (tertiary/aromatic N) is 3. The molecule has 0 aliphatic rings. The van der Waals surface area contributed by atoms with Gasteiger partial charge in [-0.3, -0.25) is 0 Å². The second-order valence-corrected chi connectivity index (χ2v) is 6.10. The molecular weight excluding hydrogens is 270 g/mol. The Kier molecular flexibility index (Phi) is 4.54. The Labute approximate surface area is 123 Å². The zero-order valence-corrected chi connectivity index (χ0v) is 13.2. The summed E-state index contributed by atoms with van der Waals surface area (Å²) in [6, 6.07) is 0. The van der Waals surface area contributed by atoms with Crippen LogP contribution in [0.2, 0.25) is 0 Å². The van der Waals surface area contributed by atoms with Gasteiger partial charge in [0.25, 0.3) is 0 Å². The minimum atomic E-state index is 0.264. The Morgan fingerprint density at radius 3 is 2.60 bits per heavy atom. The molecule has 108 valence electrons. The molecule has 0 unspecified atom stereocenters. The van der Waals surface area contributed by atoms with Crippen LogP contribution in [-0.2, 0) is 6.42 Å². The summed E-state index contributed by atoms with van der Waals surface area (Å²) < 4.78 is 0. The van der Waals surface area contributed by atoms with Crippen molar-refractivity contribution in [2.24, 2.45) is 0 Å². The lowest BCUT2D eigenvalue weighted by atomic mass is 10.2. The first-order chi connectivity index (χ1) is 9.47. The first kappa shape index (κ1) is 14.7. The van der Waals surface area contributed by atoms with Crippen LogP contribution in [0.15, 0.2) is 5.38 Å². The summed E-state index contributed by atoms with van der Waals surface area (Å²) in [5.74, 6) is 2.42. The van der Waals surface area contributed by atoms with E-state index in [1.165, 1.54) is 0 Å². The summed E-state index contributed by atoms with van der Waals surface area (Å²) in [5, 5.41) is 6.55. The van der Waals surface area contributed by atoms with Gasteiger partial charge in [0.15, 0.2) is 0 Å². The van der Waals surface area contributed by atoms with Gasteiger partial charge in [-0.15, -0.1) is 11.3 Å². The highest BCUT2D eigenvalue weighted by molar-refractivity contribution is 7.09. The summed E-state index contributed by atoms with van der Waals surface area (Å²) in [6.07, 6.45) is 0.888. The minimum Gasteiger partial charge on any atom is -0.383 e. The molecule has 6 heteroatoms. The van der Waals surface area contributed by atoms with E-state index < -0.39 is 0 Å². The maximum Gasteiger partial charge on any atom is 0.135 e. The maximum absolute atomic E-state index is 5.94. The summed E-state index contributed by atoms with van der Waals surface area (Å²) in [6.45, 7) is 8.87. The Morgan fingerprint density at radius 1 is 1.25 bits per heavy atom. The van der Waals surface area contributed by atoms with Crippen molar-refractivity contribution in [2.45, 2.75) is 40.0 Å². The summed E-state index contributed by atoms with van der Waals surface area (Å²) in [7, 11) is 0. The number of aryl methyl sites for hydroxylation is 1. The van der Waals surface area contributed by atoms with Crippen LogP contribution in [-0.4, -0.2) is 21.5 Å². The molecule has 3 N–H and O–H groups in total. The van der Waals surface area contributed by atoms with Crippen LogP contribution in [0.4, 0.5) is 11.6 Å². The monoisotopic (exact) mass is 291 g/mol. The van der Waals surface area contributed by atoms with Gasteiger partial charge in [-0.05, 0) is 13.8 Å². The molecule has 0 aromatic carbocycles. The first-order valence-electron chi connectivity index (χ1n) is 6.76. The van der Waals surface area contributed by atoms with Crippen LogP contribution in [0.25, 0.3) is 0 Å². The van der Waals surface area contributed by atoms with Crippen LogP contribution in [0.1, 0.15) is 41.9 Å². The van der Waals surface area contributed by atoms with Crippen molar-refractivity contribution >= 4 is 23.0 Å². The normalized spacial score (nSPS) is 11.1. The van der Waals surface area contributed by atoms with Crippen molar-refractivity contribution in [3.63, 3.8) is 0 Å². The number of nitrogens with two attached hydrogens (primary N) is 1. The van der Waals surface area contributed by atoms with Crippen LogP contribution in [0.3, 0.4) is 0 Å². The van der Waals surface area contributed by atoms with E-state index in [1.54, 1.807) is 11.3 Å². The molecule has 2 aromatic heterocycles. The van der Waals surface area contributed by atoms with Crippen molar-refractivity contribution in [1.82, 2.24) is 15.0 Å². The van der Waals surface area contributed by atoms with Crippen LogP contribution in [0.5, 0.6) is 0 Å². The average molecular weight is 291 g/mol. The van der Waals surface area contributed by atoms with Crippen molar-refractivity contribution in [3.8, 4) is 0 Å². The van der Waals surface area contributed by atoms with Crippen LogP contribution in [0, 0.1) is 13.8 Å². The van der Waals surface area contributed by atoms with Gasteiger partial charge >= 0.3 is 0 Å². The molecule has 20 heavy (non-hydrogen) atoms. The first-order valence-corrected chi connectivity index (χ1v) is 7.64. The molecule has 2 aromatic rings. The van der Waals surface area contributed by atoms with Crippen molar-refractivity contribution in [3.05, 3.63) is 27.5 Å². The lowest BCUT2D eigenvalue weighted by molar-refractivity contribution is 0.774. The lowest BCUT2D eigenvalue weighted by Crippen LogP contribution is -2.12. The number of aromatic nitrogens is 3. The second kappa shape index (κ2) is 6.17. The number of hydrogen-bond acceptors (Lipinski definition) is 6. The zero-order chi connectivity index (χ0) is 14.7. The van der Waals surface area contributed by atoms with Gasteiger partial charge in [-0.25, -0.2) is 15.0 Å². The maximum atomic E-state index is 5.94. The number of anilines is 2. The van der Waals surface area contributed by atoms with E-state index >= 15 is 0 Å². The molecule has 0 bridgehead atoms. The minimum absolute atomic E-state index is 0.264. The van der Waals surface area contributed by atoms with E-state index in [9.17, 15) is 0 Å². The van der Waals surface area contributed by atoms with Crippen molar-refractivity contribution < 1.29 is 0 Å². The molecule has 0 atom stereocenters. The van der Waals surface area contributed by atoms with E-state index in [1.807, 2.05) is 13.8 Å². The Balaban J connectivity index is 2.05. The van der Waals surface area contributed by atoms with Gasteiger partial charge in [-0.1, -0.05) is 13.8 Å². The van der Waals surface area contributed by atoms with Crippen molar-refractivity contribution in [2.75, 3.05) is 17.6 Å². The third-order valence-electron chi connectivity index (χ3n) is 3.02. The zero-order valence-electron chi connectivity index (χ0n) is 12.4. The van der Waals surface area contributed by atoms with E-state index in [0.717, 1.165) is 40.9 Å². The van der Waals surface area contributed by atoms with Gasteiger partial charge < -0.3 is 11.1 Å². The largest absolute Gasteiger partial charge is 0.383 e. The molecule has 5 nitrogen and oxygen atoms in total. The topological polar surface area (TPSA) is 76.7 Å². The fourth-order valence-electron chi connectivity index (χ4n) is 1.79. The predicted octanol–water partition coefficient (Wildman–Crippen LogP) is 2.91. The molecule has 0 aliphatic heterocycles. The summed E-state index contributed by atoms with van der Waals surface area (Å²) >= 11 is 1.69. The Hall–Kier alpha value is -1.69. The fraction of sp³-hybridized carbons (Fsp3) is 0.500. The standard InChI is InChI=1S/C14H21N5S/c1-8(2)13-18-12(15)10(4)14(19-13)16-6-5-11-17-9(3)7-20-11/h7-8H,5-6H2,1-4H3,(H3,15,16,18,19). The molecule has 0 fully saturated rings. The molecule has 0 radical (unpaired) electrons. The SMILES string of the molecule is Cc1csc(CCNc2nc(C(C)C)nc(N)c2C)n1. The number of thiazole rings is 1. The summed E-state index contributed by atoms with van der Waals surface area (Å²) in [5.41, 5.74) is 7.93. The molecule has 0 amide bonds. The molecule has 2 heterocycles. The van der Waals surface area contributed by atoms with Crippen LogP contribution >= 0.6 is 11.3 Å². The van der Waals surface area contributed by atoms with E-state index in [0.29, 0.717) is 5.82 Å². The molecule has 0 aliphatic carbocycles. The summed E-state index contributed by atoms with van der Waals surface area (Å²) in [4.78, 5) is 13.3. The van der Waals surface area contributed by atoms with Gasteiger partial charge in [0.2, 0.25) is 0 Å². The fourth-order valence-corrected chi connectivity index (χ4v) is 2.56. The highest BCUT2D eigenvalue weighted by Gasteiger charge is 2.11. The van der Waals surface area contributed by atoms with Gasteiger partial charge in [0, 0.05) is 35.5 Å². The smallest absolute Gasteiger partial charge is 0.135 e. The number of hydrogen-bond donors (Lipinski definition) is 2. The van der Waals surface area contributed by atoms with Gasteiger partial charge in [0.05, 0.1) is 5.01 Å². The number of rotatable bonds is 5. The Bertz CT molecular complexity index is 591. The lowest BCUT2D eigenvalue weighted by Gasteiger charge is -2.13. The van der Waals surface area contributed by atoms with Gasteiger partial charge in [-0.2, -0.15) is 0 Å².